The second kappa shape index (κ2) is 2.73. The molecular weight excluding hydrogens is 190 g/mol. The molecule has 0 radical (unpaired) electrons. The van der Waals surface area contributed by atoms with Gasteiger partial charge < -0.3 is 5.11 Å². The Morgan fingerprint density at radius 3 is 2.93 bits per heavy atom. The molecule has 1 aliphatic rings. The number of carbonyl (C=O) groups is 1. The zero-order valence-corrected chi connectivity index (χ0v) is 7.97. The van der Waals surface area contributed by atoms with Gasteiger partial charge in [-0.1, -0.05) is 24.3 Å². The highest BCUT2D eigenvalue weighted by molar-refractivity contribution is 5.96. The van der Waals surface area contributed by atoms with Crippen LogP contribution in [0.25, 0.3) is 17.0 Å². The topological polar surface area (TPSA) is 42.2 Å². The lowest BCUT2D eigenvalue weighted by Gasteiger charge is -1.99. The quantitative estimate of drug-likeness (QED) is 0.708. The van der Waals surface area contributed by atoms with E-state index in [0.717, 1.165) is 28.6 Å². The van der Waals surface area contributed by atoms with Gasteiger partial charge in [-0.05, 0) is 24.1 Å². The van der Waals surface area contributed by atoms with E-state index in [0.29, 0.717) is 0 Å². The molecule has 2 aromatic rings. The van der Waals surface area contributed by atoms with Crippen LogP contribution in [0.4, 0.5) is 4.79 Å². The number of carboxylic acid groups (broad SMARTS) is 1. The maximum absolute atomic E-state index is 11.2. The number of fused-ring (bicyclic) bond motifs is 3. The highest BCUT2D eigenvalue weighted by atomic mass is 16.4. The summed E-state index contributed by atoms with van der Waals surface area (Å²) in [5.74, 6) is 0. The maximum Gasteiger partial charge on any atom is 0.416 e. The van der Waals surface area contributed by atoms with Crippen molar-refractivity contribution in [3.63, 3.8) is 0 Å². The van der Waals surface area contributed by atoms with Gasteiger partial charge in [-0.15, -0.1) is 0 Å². The molecule has 3 heteroatoms. The predicted molar refractivity (Wildman–Crippen MR) is 58.1 cm³/mol. The highest BCUT2D eigenvalue weighted by Gasteiger charge is 2.20. The van der Waals surface area contributed by atoms with E-state index in [9.17, 15) is 4.79 Å². The van der Waals surface area contributed by atoms with E-state index < -0.39 is 6.09 Å². The molecule has 0 saturated carbocycles. The van der Waals surface area contributed by atoms with E-state index in [1.54, 1.807) is 0 Å². The second-order valence-electron chi connectivity index (χ2n) is 3.61. The number of allylic oxidation sites excluding steroid dienone is 1. The van der Waals surface area contributed by atoms with Crippen LogP contribution in [0.1, 0.15) is 11.3 Å². The lowest BCUT2D eigenvalue weighted by molar-refractivity contribution is 0.197. The molecule has 3 rings (SSSR count). The van der Waals surface area contributed by atoms with Gasteiger partial charge in [-0.2, -0.15) is 0 Å². The summed E-state index contributed by atoms with van der Waals surface area (Å²) in [7, 11) is 0. The SMILES string of the molecule is O=C(O)n1c2c(c3ccccc31)CC=C2. The van der Waals surface area contributed by atoms with Crippen molar-refractivity contribution < 1.29 is 9.90 Å². The Kier molecular flexibility index (Phi) is 1.51. The van der Waals surface area contributed by atoms with Gasteiger partial charge in [0.05, 0.1) is 11.2 Å². The summed E-state index contributed by atoms with van der Waals surface area (Å²) in [4.78, 5) is 11.2. The zero-order chi connectivity index (χ0) is 10.4. The van der Waals surface area contributed by atoms with E-state index >= 15 is 0 Å². The number of rotatable bonds is 0. The summed E-state index contributed by atoms with van der Waals surface area (Å²) < 4.78 is 1.36. The molecule has 1 heterocycles. The molecular formula is C12H9NO2. The van der Waals surface area contributed by atoms with Gasteiger partial charge in [0.1, 0.15) is 0 Å². The molecule has 0 aliphatic heterocycles. The normalized spacial score (nSPS) is 13.3. The molecule has 74 valence electrons. The summed E-state index contributed by atoms with van der Waals surface area (Å²) in [6, 6.07) is 7.62. The maximum atomic E-state index is 11.2. The summed E-state index contributed by atoms with van der Waals surface area (Å²) in [6.07, 6.45) is 3.79. The molecule has 1 aromatic carbocycles. The molecule has 1 aliphatic carbocycles. The molecule has 0 fully saturated rings. The third-order valence-electron chi connectivity index (χ3n) is 2.81. The van der Waals surface area contributed by atoms with Gasteiger partial charge in [0.25, 0.3) is 0 Å². The van der Waals surface area contributed by atoms with Crippen LogP contribution in [0.5, 0.6) is 0 Å². The Hall–Kier alpha value is -2.03. The third-order valence-corrected chi connectivity index (χ3v) is 2.81. The number of para-hydroxylation sites is 1. The van der Waals surface area contributed by atoms with Crippen LogP contribution in [0, 0.1) is 0 Å². The minimum atomic E-state index is -0.918. The van der Waals surface area contributed by atoms with Crippen LogP contribution in [0.15, 0.2) is 30.3 Å². The van der Waals surface area contributed by atoms with E-state index in [1.165, 1.54) is 4.57 Å². The van der Waals surface area contributed by atoms with E-state index in [-0.39, 0.29) is 0 Å². The van der Waals surface area contributed by atoms with Crippen molar-refractivity contribution in [3.8, 4) is 0 Å². The third kappa shape index (κ3) is 0.973. The molecule has 0 unspecified atom stereocenters. The summed E-state index contributed by atoms with van der Waals surface area (Å²) in [6.45, 7) is 0. The van der Waals surface area contributed by atoms with Crippen molar-refractivity contribution in [1.82, 2.24) is 4.57 Å². The first-order valence-electron chi connectivity index (χ1n) is 4.81. The number of benzene rings is 1. The molecule has 15 heavy (non-hydrogen) atoms. The second-order valence-corrected chi connectivity index (χ2v) is 3.61. The lowest BCUT2D eigenvalue weighted by Crippen LogP contribution is -2.08. The van der Waals surface area contributed by atoms with Crippen LogP contribution in [-0.4, -0.2) is 15.8 Å². The Labute approximate surface area is 86.3 Å². The Balaban J connectivity index is 2.50. The van der Waals surface area contributed by atoms with E-state index in [2.05, 4.69) is 0 Å². The van der Waals surface area contributed by atoms with Crippen LogP contribution >= 0.6 is 0 Å². The monoisotopic (exact) mass is 199 g/mol. The average Bonchev–Trinajstić information content (AvgIpc) is 2.75. The van der Waals surface area contributed by atoms with Crippen molar-refractivity contribution in [2.75, 3.05) is 0 Å². The molecule has 0 spiro atoms. The first kappa shape index (κ1) is 8.29. The van der Waals surface area contributed by atoms with Crippen molar-refractivity contribution in [2.24, 2.45) is 0 Å². The van der Waals surface area contributed by atoms with Gasteiger partial charge in [0, 0.05) is 5.39 Å². The molecule has 0 amide bonds. The Bertz CT molecular complexity index is 593. The van der Waals surface area contributed by atoms with Crippen LogP contribution < -0.4 is 0 Å². The van der Waals surface area contributed by atoms with Crippen LogP contribution in [0.3, 0.4) is 0 Å². The summed E-state index contributed by atoms with van der Waals surface area (Å²) in [5.41, 5.74) is 2.70. The lowest BCUT2D eigenvalue weighted by atomic mass is 10.1. The number of hydrogen-bond donors (Lipinski definition) is 1. The fourth-order valence-electron chi connectivity index (χ4n) is 2.21. The Morgan fingerprint density at radius 1 is 1.33 bits per heavy atom. The van der Waals surface area contributed by atoms with Crippen LogP contribution in [0.2, 0.25) is 0 Å². The van der Waals surface area contributed by atoms with Gasteiger partial charge in [-0.25, -0.2) is 9.36 Å². The summed E-state index contributed by atoms with van der Waals surface area (Å²) >= 11 is 0. The molecule has 1 aromatic heterocycles. The smallest absolute Gasteiger partial charge is 0.416 e. The number of nitrogens with zero attached hydrogens (tertiary/aromatic N) is 1. The number of hydrogen-bond acceptors (Lipinski definition) is 1. The molecule has 0 bridgehead atoms. The molecule has 0 saturated heterocycles. The van der Waals surface area contributed by atoms with Gasteiger partial charge in [0.2, 0.25) is 0 Å². The molecule has 0 atom stereocenters. The van der Waals surface area contributed by atoms with Crippen molar-refractivity contribution >= 4 is 23.1 Å². The van der Waals surface area contributed by atoms with Crippen molar-refractivity contribution in [1.29, 1.82) is 0 Å². The zero-order valence-electron chi connectivity index (χ0n) is 7.97. The molecule has 1 N–H and O–H groups in total. The van der Waals surface area contributed by atoms with Gasteiger partial charge in [0.15, 0.2) is 0 Å². The molecule has 3 nitrogen and oxygen atoms in total. The first-order chi connectivity index (χ1) is 7.29. The first-order valence-corrected chi connectivity index (χ1v) is 4.81. The predicted octanol–water partition coefficient (Wildman–Crippen LogP) is 2.74. The van der Waals surface area contributed by atoms with Crippen molar-refractivity contribution in [3.05, 3.63) is 41.6 Å². The summed E-state index contributed by atoms with van der Waals surface area (Å²) in [5, 5.41) is 10.2. The van der Waals surface area contributed by atoms with E-state index in [4.69, 9.17) is 5.11 Å². The van der Waals surface area contributed by atoms with Crippen LogP contribution in [-0.2, 0) is 6.42 Å². The average molecular weight is 199 g/mol. The Morgan fingerprint density at radius 2 is 2.13 bits per heavy atom. The minimum Gasteiger partial charge on any atom is -0.464 e. The number of aromatic nitrogens is 1. The van der Waals surface area contributed by atoms with E-state index in [1.807, 2.05) is 36.4 Å². The standard InChI is InChI=1S/C12H9NO2/c14-12(15)13-10-6-2-1-4-8(10)9-5-3-7-11(9)13/h1-4,6-7H,5H2,(H,14,15). The fourth-order valence-corrected chi connectivity index (χ4v) is 2.21. The fraction of sp³-hybridized carbons (Fsp3) is 0.0833. The van der Waals surface area contributed by atoms with Gasteiger partial charge in [-0.3, -0.25) is 0 Å². The van der Waals surface area contributed by atoms with Gasteiger partial charge >= 0.3 is 6.09 Å². The highest BCUT2D eigenvalue weighted by Crippen LogP contribution is 2.31. The largest absolute Gasteiger partial charge is 0.464 e. The van der Waals surface area contributed by atoms with Crippen molar-refractivity contribution in [2.45, 2.75) is 6.42 Å². The minimum absolute atomic E-state index is 0.777.